The third kappa shape index (κ3) is 5.48. The molecule has 32 heavy (non-hydrogen) atoms. The van der Waals surface area contributed by atoms with Crippen molar-refractivity contribution in [3.05, 3.63) is 87.5 Å². The second-order valence-electron chi connectivity index (χ2n) is 6.95. The van der Waals surface area contributed by atoms with Crippen LogP contribution in [0, 0.1) is 5.82 Å². The first-order valence-corrected chi connectivity index (χ1v) is 11.8. The third-order valence-electron chi connectivity index (χ3n) is 4.65. The monoisotopic (exact) mass is 483 g/mol. The minimum atomic E-state index is -0.410. The van der Waals surface area contributed by atoms with Crippen molar-refractivity contribution in [2.24, 2.45) is 0 Å². The van der Waals surface area contributed by atoms with Crippen LogP contribution in [0.25, 0.3) is 6.08 Å². The number of halogens is 1. The number of amides is 2. The summed E-state index contributed by atoms with van der Waals surface area (Å²) in [6.45, 7) is 0.146. The van der Waals surface area contributed by atoms with Crippen molar-refractivity contribution >= 4 is 62.7 Å². The molecule has 0 radical (unpaired) electrons. The molecule has 1 N–H and O–H groups in total. The minimum absolute atomic E-state index is 0.0764. The molecule has 0 saturated carbocycles. The topological polar surface area (TPSA) is 62.3 Å². The molecule has 1 saturated heterocycles. The van der Waals surface area contributed by atoms with Crippen LogP contribution in [0.1, 0.15) is 22.4 Å². The molecule has 1 aliphatic heterocycles. The Bertz CT molecular complexity index is 1190. The molecular formula is C23H18FN3O2S3. The Morgan fingerprint density at radius 1 is 1.16 bits per heavy atom. The van der Waals surface area contributed by atoms with Gasteiger partial charge in [0.15, 0.2) is 5.13 Å². The highest BCUT2D eigenvalue weighted by Gasteiger charge is 2.32. The van der Waals surface area contributed by atoms with Gasteiger partial charge >= 0.3 is 0 Å². The summed E-state index contributed by atoms with van der Waals surface area (Å²) in [6, 6.07) is 16.2. The molecule has 1 aromatic heterocycles. The van der Waals surface area contributed by atoms with E-state index < -0.39 is 5.82 Å². The number of carbonyl (C=O) groups is 2. The van der Waals surface area contributed by atoms with E-state index in [0.717, 1.165) is 23.1 Å². The number of hydrogen-bond donors (Lipinski definition) is 1. The van der Waals surface area contributed by atoms with Crippen molar-refractivity contribution < 1.29 is 14.0 Å². The number of rotatable bonds is 7. The van der Waals surface area contributed by atoms with Crippen molar-refractivity contribution in [1.82, 2.24) is 9.88 Å². The van der Waals surface area contributed by atoms with Gasteiger partial charge in [-0.3, -0.25) is 14.5 Å². The minimum Gasteiger partial charge on any atom is -0.302 e. The number of carbonyl (C=O) groups excluding carboxylic acids is 2. The zero-order valence-corrected chi connectivity index (χ0v) is 19.2. The molecule has 0 spiro atoms. The summed E-state index contributed by atoms with van der Waals surface area (Å²) >= 11 is 7.81. The Kier molecular flexibility index (Phi) is 7.09. The van der Waals surface area contributed by atoms with E-state index >= 15 is 0 Å². The molecule has 2 amide bonds. The van der Waals surface area contributed by atoms with Gasteiger partial charge in [-0.25, -0.2) is 9.37 Å². The van der Waals surface area contributed by atoms with E-state index in [1.165, 1.54) is 33.9 Å². The molecule has 3 aromatic rings. The van der Waals surface area contributed by atoms with Gasteiger partial charge in [0.25, 0.3) is 5.91 Å². The van der Waals surface area contributed by atoms with E-state index in [2.05, 4.69) is 10.3 Å². The zero-order valence-electron chi connectivity index (χ0n) is 16.8. The zero-order chi connectivity index (χ0) is 22.5. The summed E-state index contributed by atoms with van der Waals surface area (Å²) in [4.78, 5) is 32.0. The highest BCUT2D eigenvalue weighted by molar-refractivity contribution is 8.26. The first kappa shape index (κ1) is 22.3. The Morgan fingerprint density at radius 2 is 1.91 bits per heavy atom. The van der Waals surface area contributed by atoms with Crippen molar-refractivity contribution in [3.63, 3.8) is 0 Å². The molecular weight excluding hydrogens is 465 g/mol. The van der Waals surface area contributed by atoms with Crippen LogP contribution in [0.2, 0.25) is 0 Å². The third-order valence-corrected chi connectivity index (χ3v) is 6.94. The second kappa shape index (κ2) is 10.2. The molecule has 5 nitrogen and oxygen atoms in total. The number of thiazole rings is 1. The molecule has 2 heterocycles. The van der Waals surface area contributed by atoms with E-state index in [1.807, 2.05) is 30.3 Å². The van der Waals surface area contributed by atoms with Crippen molar-refractivity contribution in [3.8, 4) is 0 Å². The van der Waals surface area contributed by atoms with Gasteiger partial charge in [-0.05, 0) is 17.7 Å². The van der Waals surface area contributed by atoms with Crippen LogP contribution >= 0.6 is 35.3 Å². The van der Waals surface area contributed by atoms with Crippen LogP contribution in [0.5, 0.6) is 0 Å². The second-order valence-corrected chi connectivity index (χ2v) is 9.74. The fourth-order valence-corrected chi connectivity index (χ4v) is 5.23. The average molecular weight is 484 g/mol. The molecule has 0 atom stereocenters. The van der Waals surface area contributed by atoms with Gasteiger partial charge in [0, 0.05) is 36.0 Å². The number of nitrogens with one attached hydrogen (secondary N) is 1. The standard InChI is InChI=1S/C23H18FN3O2S3/c24-18-9-5-4-8-16(18)13-19-21(29)27(23(30)32-19)11-10-20(28)26-22-25-14-17(31-22)12-15-6-2-1-3-7-15/h1-9,13-14H,10-12H2,(H,25,26,28). The first-order chi connectivity index (χ1) is 15.5. The fourth-order valence-electron chi connectivity index (χ4n) is 3.07. The number of aromatic nitrogens is 1. The Labute approximate surface area is 198 Å². The number of anilines is 1. The van der Waals surface area contributed by atoms with E-state index in [1.54, 1.807) is 24.4 Å². The number of thioether (sulfide) groups is 1. The Morgan fingerprint density at radius 3 is 2.69 bits per heavy atom. The van der Waals surface area contributed by atoms with Crippen molar-refractivity contribution in [2.75, 3.05) is 11.9 Å². The van der Waals surface area contributed by atoms with Gasteiger partial charge in [0.2, 0.25) is 5.91 Å². The molecule has 2 aromatic carbocycles. The summed E-state index contributed by atoms with van der Waals surface area (Å²) in [6.07, 6.45) is 4.06. The lowest BCUT2D eigenvalue weighted by molar-refractivity contribution is -0.122. The predicted octanol–water partition coefficient (Wildman–Crippen LogP) is 5.10. The maximum atomic E-state index is 13.9. The smallest absolute Gasteiger partial charge is 0.266 e. The molecule has 1 fully saturated rings. The summed E-state index contributed by atoms with van der Waals surface area (Å²) in [5, 5.41) is 3.30. The summed E-state index contributed by atoms with van der Waals surface area (Å²) < 4.78 is 14.2. The highest BCUT2D eigenvalue weighted by atomic mass is 32.2. The number of benzene rings is 2. The number of thiocarbonyl (C=S) groups is 1. The van der Waals surface area contributed by atoms with Gasteiger partial charge in [-0.15, -0.1) is 11.3 Å². The Hall–Kier alpha value is -2.88. The predicted molar refractivity (Wildman–Crippen MR) is 131 cm³/mol. The normalized spacial score (nSPS) is 14.9. The quantitative estimate of drug-likeness (QED) is 0.374. The maximum Gasteiger partial charge on any atom is 0.266 e. The van der Waals surface area contributed by atoms with E-state index in [9.17, 15) is 14.0 Å². The van der Waals surface area contributed by atoms with Gasteiger partial charge < -0.3 is 5.32 Å². The van der Waals surface area contributed by atoms with Crippen LogP contribution in [0.3, 0.4) is 0 Å². The maximum absolute atomic E-state index is 13.9. The lowest BCUT2D eigenvalue weighted by atomic mass is 10.1. The lowest BCUT2D eigenvalue weighted by Crippen LogP contribution is -2.31. The number of nitrogens with zero attached hydrogens (tertiary/aromatic N) is 2. The van der Waals surface area contributed by atoms with Gasteiger partial charge in [0.05, 0.1) is 4.91 Å². The van der Waals surface area contributed by atoms with E-state index in [0.29, 0.717) is 19.9 Å². The number of hydrogen-bond acceptors (Lipinski definition) is 6. The molecule has 0 bridgehead atoms. The van der Waals surface area contributed by atoms with Gasteiger partial charge in [-0.1, -0.05) is 72.5 Å². The van der Waals surface area contributed by atoms with E-state index in [-0.39, 0.29) is 24.8 Å². The summed E-state index contributed by atoms with van der Waals surface area (Å²) in [5.74, 6) is -0.986. The van der Waals surface area contributed by atoms with Crippen molar-refractivity contribution in [1.29, 1.82) is 0 Å². The molecule has 0 aliphatic carbocycles. The first-order valence-electron chi connectivity index (χ1n) is 9.78. The lowest BCUT2D eigenvalue weighted by Gasteiger charge is -2.13. The van der Waals surface area contributed by atoms with Crippen LogP contribution in [0.4, 0.5) is 9.52 Å². The van der Waals surface area contributed by atoms with Crippen LogP contribution in [0.15, 0.2) is 65.7 Å². The average Bonchev–Trinajstić information content (AvgIpc) is 3.32. The fraction of sp³-hybridized carbons (Fsp3) is 0.130. The van der Waals surface area contributed by atoms with Gasteiger partial charge in [-0.2, -0.15) is 0 Å². The molecule has 1 aliphatic rings. The van der Waals surface area contributed by atoms with Gasteiger partial charge in [0.1, 0.15) is 10.1 Å². The highest BCUT2D eigenvalue weighted by Crippen LogP contribution is 2.33. The summed E-state index contributed by atoms with van der Waals surface area (Å²) in [7, 11) is 0. The molecule has 0 unspecified atom stereocenters. The molecule has 9 heteroatoms. The van der Waals surface area contributed by atoms with Crippen molar-refractivity contribution in [2.45, 2.75) is 12.8 Å². The van der Waals surface area contributed by atoms with Crippen LogP contribution in [-0.2, 0) is 16.0 Å². The molecule has 162 valence electrons. The molecule has 4 rings (SSSR count). The largest absolute Gasteiger partial charge is 0.302 e. The van der Waals surface area contributed by atoms with Crippen LogP contribution < -0.4 is 5.32 Å². The van der Waals surface area contributed by atoms with Crippen LogP contribution in [-0.4, -0.2) is 32.6 Å². The van der Waals surface area contributed by atoms with E-state index in [4.69, 9.17) is 12.2 Å². The Balaban J connectivity index is 1.32. The summed E-state index contributed by atoms with van der Waals surface area (Å²) in [5.41, 5.74) is 1.49. The SMILES string of the molecule is O=C(CCN1C(=O)C(=Cc2ccccc2F)SC1=S)Nc1ncc(Cc2ccccc2)s1.